The number of thiophene rings is 1. The van der Waals surface area contributed by atoms with Gasteiger partial charge in [0.2, 0.25) is 0 Å². The molecule has 0 unspecified atom stereocenters. The minimum absolute atomic E-state index is 0.658. The zero-order valence-corrected chi connectivity index (χ0v) is 31.0. The molecular weight excluding hydrogens is 701 g/mol. The van der Waals surface area contributed by atoms with Gasteiger partial charge >= 0.3 is 0 Å². The van der Waals surface area contributed by atoms with Crippen molar-refractivity contribution in [1.29, 1.82) is 0 Å². The summed E-state index contributed by atoms with van der Waals surface area (Å²) in [7, 11) is 0. The summed E-state index contributed by atoms with van der Waals surface area (Å²) < 4.78 is 4.84. The third-order valence-corrected chi connectivity index (χ3v) is 11.9. The smallest absolute Gasteiger partial charge is 0.165 e. The van der Waals surface area contributed by atoms with E-state index in [1.807, 2.05) is 47.7 Å². The molecule has 11 rings (SSSR count). The lowest BCUT2D eigenvalue weighted by molar-refractivity contribution is 1.08. The Morgan fingerprint density at radius 2 is 0.839 bits per heavy atom. The Balaban J connectivity index is 1.10. The third kappa shape index (κ3) is 5.40. The molecular formula is C51H32N4S. The SMILES string of the molecule is c1ccc(-c2cccc(-c3ccc(-n4c5ccccc5c5ccc6c7cccc(-c8nc(-c9ccccc9)nc(-c9ccccc9)n8)c7sc6c54)cc3)c2)cc1. The van der Waals surface area contributed by atoms with E-state index in [0.29, 0.717) is 17.5 Å². The number of hydrogen-bond donors (Lipinski definition) is 0. The molecule has 0 saturated heterocycles. The van der Waals surface area contributed by atoms with Gasteiger partial charge in [-0.25, -0.2) is 15.0 Å². The van der Waals surface area contributed by atoms with Crippen molar-refractivity contribution in [3.63, 3.8) is 0 Å². The minimum Gasteiger partial charge on any atom is -0.308 e. The average molecular weight is 733 g/mol. The Hall–Kier alpha value is -7.21. The van der Waals surface area contributed by atoms with E-state index in [9.17, 15) is 0 Å². The Morgan fingerprint density at radius 1 is 0.339 bits per heavy atom. The molecule has 11 aromatic rings. The second kappa shape index (κ2) is 13.3. The van der Waals surface area contributed by atoms with Crippen LogP contribution < -0.4 is 0 Å². The van der Waals surface area contributed by atoms with E-state index in [4.69, 9.17) is 15.0 Å². The first-order chi connectivity index (χ1) is 27.8. The molecule has 262 valence electrons. The Morgan fingerprint density at radius 3 is 1.52 bits per heavy atom. The molecule has 0 amide bonds. The van der Waals surface area contributed by atoms with Crippen LogP contribution in [0.4, 0.5) is 0 Å². The predicted octanol–water partition coefficient (Wildman–Crippen LogP) is 13.7. The molecule has 3 aromatic heterocycles. The fraction of sp³-hybridized carbons (Fsp3) is 0. The van der Waals surface area contributed by atoms with Gasteiger partial charge in [-0.15, -0.1) is 11.3 Å². The molecule has 0 atom stereocenters. The Bertz CT molecular complexity index is 3160. The van der Waals surface area contributed by atoms with E-state index in [2.05, 4.69) is 162 Å². The van der Waals surface area contributed by atoms with Gasteiger partial charge in [-0.2, -0.15) is 0 Å². The number of aromatic nitrogens is 4. The molecule has 0 radical (unpaired) electrons. The van der Waals surface area contributed by atoms with E-state index in [1.54, 1.807) is 0 Å². The lowest BCUT2D eigenvalue weighted by Crippen LogP contribution is -2.00. The maximum Gasteiger partial charge on any atom is 0.165 e. The Labute approximate surface area is 327 Å². The second-order valence-electron chi connectivity index (χ2n) is 14.0. The summed E-state index contributed by atoms with van der Waals surface area (Å²) >= 11 is 1.82. The molecule has 0 fully saturated rings. The highest BCUT2D eigenvalue weighted by molar-refractivity contribution is 7.27. The van der Waals surface area contributed by atoms with Gasteiger partial charge in [0.25, 0.3) is 0 Å². The normalized spacial score (nSPS) is 11.6. The van der Waals surface area contributed by atoms with E-state index >= 15 is 0 Å². The van der Waals surface area contributed by atoms with Crippen molar-refractivity contribution < 1.29 is 0 Å². The second-order valence-corrected chi connectivity index (χ2v) is 15.0. The maximum atomic E-state index is 5.12. The van der Waals surface area contributed by atoms with E-state index < -0.39 is 0 Å². The van der Waals surface area contributed by atoms with Gasteiger partial charge in [-0.05, 0) is 52.6 Å². The lowest BCUT2D eigenvalue weighted by Gasteiger charge is -2.11. The van der Waals surface area contributed by atoms with Crippen LogP contribution in [0.1, 0.15) is 0 Å². The van der Waals surface area contributed by atoms with Crippen LogP contribution in [0.2, 0.25) is 0 Å². The highest BCUT2D eigenvalue weighted by Gasteiger charge is 2.21. The van der Waals surface area contributed by atoms with Crippen molar-refractivity contribution in [1.82, 2.24) is 19.5 Å². The lowest BCUT2D eigenvalue weighted by atomic mass is 9.99. The minimum atomic E-state index is 0.658. The summed E-state index contributed by atoms with van der Waals surface area (Å²) in [6.07, 6.45) is 0. The van der Waals surface area contributed by atoms with Crippen molar-refractivity contribution >= 4 is 53.3 Å². The topological polar surface area (TPSA) is 43.6 Å². The summed E-state index contributed by atoms with van der Waals surface area (Å²) in [6, 6.07) is 68.5. The van der Waals surface area contributed by atoms with Crippen molar-refractivity contribution in [3.8, 4) is 62.1 Å². The standard InChI is InChI=1S/C51H32N4S/c1-4-14-33(15-5-1)37-20-12-21-38(32-37)34-26-28-39(29-27-34)55-45-25-11-10-22-40(45)41-30-31-43-42-23-13-24-44(47(42)56-48(43)46(41)55)51-53-49(35-16-6-2-7-17-35)52-50(54-51)36-18-8-3-9-19-36/h1-32H. The highest BCUT2D eigenvalue weighted by Crippen LogP contribution is 2.45. The fourth-order valence-corrected chi connectivity index (χ4v) is 9.34. The summed E-state index contributed by atoms with van der Waals surface area (Å²) in [5, 5.41) is 4.88. The molecule has 4 nitrogen and oxygen atoms in total. The van der Waals surface area contributed by atoms with Gasteiger partial charge in [0.15, 0.2) is 17.5 Å². The molecule has 0 aliphatic carbocycles. The van der Waals surface area contributed by atoms with Gasteiger partial charge < -0.3 is 4.57 Å². The molecule has 0 aliphatic rings. The van der Waals surface area contributed by atoms with E-state index in [1.165, 1.54) is 59.5 Å². The summed E-state index contributed by atoms with van der Waals surface area (Å²) in [6.45, 7) is 0. The predicted molar refractivity (Wildman–Crippen MR) is 234 cm³/mol. The summed E-state index contributed by atoms with van der Waals surface area (Å²) in [4.78, 5) is 15.2. The van der Waals surface area contributed by atoms with Crippen LogP contribution >= 0.6 is 11.3 Å². The molecule has 8 aromatic carbocycles. The molecule has 0 aliphatic heterocycles. The van der Waals surface area contributed by atoms with Crippen LogP contribution in [-0.4, -0.2) is 19.5 Å². The largest absolute Gasteiger partial charge is 0.308 e. The van der Waals surface area contributed by atoms with Gasteiger partial charge in [-0.1, -0.05) is 164 Å². The van der Waals surface area contributed by atoms with Crippen LogP contribution in [-0.2, 0) is 0 Å². The number of benzene rings is 8. The van der Waals surface area contributed by atoms with Crippen molar-refractivity contribution in [2.45, 2.75) is 0 Å². The molecule has 3 heterocycles. The van der Waals surface area contributed by atoms with Crippen molar-refractivity contribution in [3.05, 3.63) is 194 Å². The monoisotopic (exact) mass is 732 g/mol. The van der Waals surface area contributed by atoms with Gasteiger partial charge in [0.05, 0.1) is 15.7 Å². The van der Waals surface area contributed by atoms with Crippen LogP contribution in [0.15, 0.2) is 194 Å². The van der Waals surface area contributed by atoms with Gasteiger partial charge in [0.1, 0.15) is 0 Å². The fourth-order valence-electron chi connectivity index (χ4n) is 7.99. The van der Waals surface area contributed by atoms with Crippen molar-refractivity contribution in [2.75, 3.05) is 0 Å². The quantitative estimate of drug-likeness (QED) is 0.171. The summed E-state index contributed by atoms with van der Waals surface area (Å²) in [5.74, 6) is 1.98. The number of fused-ring (bicyclic) bond motifs is 7. The zero-order valence-electron chi connectivity index (χ0n) is 30.2. The van der Waals surface area contributed by atoms with Crippen LogP contribution in [0, 0.1) is 0 Å². The van der Waals surface area contributed by atoms with Gasteiger partial charge in [0, 0.05) is 48.6 Å². The highest BCUT2D eigenvalue weighted by atomic mass is 32.1. The first-order valence-electron chi connectivity index (χ1n) is 18.8. The van der Waals surface area contributed by atoms with Crippen LogP contribution in [0.3, 0.4) is 0 Å². The Kier molecular flexibility index (Phi) is 7.64. The molecule has 0 spiro atoms. The molecule has 0 bridgehead atoms. The molecule has 0 saturated carbocycles. The van der Waals surface area contributed by atoms with Gasteiger partial charge in [-0.3, -0.25) is 0 Å². The number of para-hydroxylation sites is 1. The first kappa shape index (κ1) is 32.2. The first-order valence-corrected chi connectivity index (χ1v) is 19.6. The van der Waals surface area contributed by atoms with Crippen molar-refractivity contribution in [2.24, 2.45) is 0 Å². The maximum absolute atomic E-state index is 5.12. The van der Waals surface area contributed by atoms with E-state index in [-0.39, 0.29) is 0 Å². The zero-order chi connectivity index (χ0) is 37.0. The van der Waals surface area contributed by atoms with Crippen LogP contribution in [0.25, 0.3) is 104 Å². The van der Waals surface area contributed by atoms with E-state index in [0.717, 1.165) is 27.1 Å². The molecule has 0 N–H and O–H groups in total. The summed E-state index contributed by atoms with van der Waals surface area (Å²) in [5.41, 5.74) is 11.2. The van der Waals surface area contributed by atoms with Crippen LogP contribution in [0.5, 0.6) is 0 Å². The number of rotatable bonds is 6. The third-order valence-electron chi connectivity index (χ3n) is 10.7. The number of hydrogen-bond acceptors (Lipinski definition) is 4. The molecule has 5 heteroatoms. The number of nitrogens with zero attached hydrogens (tertiary/aromatic N) is 4. The molecule has 56 heavy (non-hydrogen) atoms. The average Bonchev–Trinajstić information content (AvgIpc) is 3.83.